The Balaban J connectivity index is 2.26. The Morgan fingerprint density at radius 3 is 2.45 bits per heavy atom. The summed E-state index contributed by atoms with van der Waals surface area (Å²) >= 11 is 3.42. The second-order valence-electron chi connectivity index (χ2n) is 4.93. The Bertz CT molecular complexity index is 372. The molecule has 4 nitrogen and oxygen atoms in total. The maximum Gasteiger partial charge on any atom is 0.0898 e. The van der Waals surface area contributed by atoms with Crippen LogP contribution in [0.4, 0.5) is 0 Å². The molecular formula is C15H24BrNO3. The van der Waals surface area contributed by atoms with Gasteiger partial charge in [-0.15, -0.1) is 0 Å². The molecule has 0 aliphatic rings. The smallest absolute Gasteiger partial charge is 0.0898 e. The Morgan fingerprint density at radius 1 is 1.20 bits per heavy atom. The molecule has 0 bridgehead atoms. The predicted octanol–water partition coefficient (Wildman–Crippen LogP) is 2.51. The van der Waals surface area contributed by atoms with Gasteiger partial charge in [0.05, 0.1) is 25.4 Å². The van der Waals surface area contributed by atoms with Crippen molar-refractivity contribution in [2.24, 2.45) is 0 Å². The molecule has 0 aliphatic carbocycles. The summed E-state index contributed by atoms with van der Waals surface area (Å²) in [5.74, 6) is 0. The largest absolute Gasteiger partial charge is 0.389 e. The number of hydrogen-bond donors (Lipinski definition) is 2. The molecule has 0 aromatic heterocycles. The number of aliphatic hydroxyl groups excluding tert-OH is 1. The molecule has 3 unspecified atom stereocenters. The minimum Gasteiger partial charge on any atom is -0.389 e. The highest BCUT2D eigenvalue weighted by atomic mass is 79.9. The van der Waals surface area contributed by atoms with E-state index in [1.165, 1.54) is 5.56 Å². The topological polar surface area (TPSA) is 50.7 Å². The minimum atomic E-state index is -0.521. The van der Waals surface area contributed by atoms with Gasteiger partial charge in [-0.3, -0.25) is 0 Å². The van der Waals surface area contributed by atoms with Gasteiger partial charge in [-0.05, 0) is 31.5 Å². The number of hydrogen-bond acceptors (Lipinski definition) is 4. The van der Waals surface area contributed by atoms with E-state index in [0.29, 0.717) is 19.8 Å². The summed E-state index contributed by atoms with van der Waals surface area (Å²) in [4.78, 5) is 0. The highest BCUT2D eigenvalue weighted by Gasteiger charge is 2.10. The monoisotopic (exact) mass is 345 g/mol. The first kappa shape index (κ1) is 17.6. The van der Waals surface area contributed by atoms with Gasteiger partial charge in [0, 0.05) is 24.2 Å². The molecule has 0 spiro atoms. The van der Waals surface area contributed by atoms with E-state index < -0.39 is 6.10 Å². The van der Waals surface area contributed by atoms with Gasteiger partial charge < -0.3 is 19.9 Å². The van der Waals surface area contributed by atoms with Crippen molar-refractivity contribution in [2.45, 2.75) is 32.1 Å². The predicted molar refractivity (Wildman–Crippen MR) is 83.9 cm³/mol. The molecule has 0 saturated heterocycles. The van der Waals surface area contributed by atoms with Crippen LogP contribution in [0.2, 0.25) is 0 Å². The third kappa shape index (κ3) is 6.81. The van der Waals surface area contributed by atoms with Crippen LogP contribution >= 0.6 is 15.9 Å². The number of rotatable bonds is 9. The van der Waals surface area contributed by atoms with Gasteiger partial charge in [-0.25, -0.2) is 0 Å². The number of aliphatic hydroxyl groups is 1. The average Bonchev–Trinajstić information content (AvgIpc) is 2.43. The molecule has 0 aliphatic heterocycles. The molecule has 0 saturated carbocycles. The first-order chi connectivity index (χ1) is 9.52. The van der Waals surface area contributed by atoms with Gasteiger partial charge in [0.2, 0.25) is 0 Å². The van der Waals surface area contributed by atoms with Gasteiger partial charge in [0.15, 0.2) is 0 Å². The second kappa shape index (κ2) is 9.47. The van der Waals surface area contributed by atoms with Gasteiger partial charge in [0.25, 0.3) is 0 Å². The van der Waals surface area contributed by atoms with Crippen LogP contribution in [0.5, 0.6) is 0 Å². The summed E-state index contributed by atoms with van der Waals surface area (Å²) in [7, 11) is 1.64. The van der Waals surface area contributed by atoms with E-state index in [9.17, 15) is 5.11 Å². The Morgan fingerprint density at radius 2 is 1.85 bits per heavy atom. The van der Waals surface area contributed by atoms with Crippen molar-refractivity contribution >= 4 is 15.9 Å². The molecule has 5 heteroatoms. The zero-order valence-corrected chi connectivity index (χ0v) is 13.9. The molecule has 1 aromatic rings. The first-order valence-corrected chi connectivity index (χ1v) is 7.59. The van der Waals surface area contributed by atoms with E-state index in [0.717, 1.165) is 4.47 Å². The van der Waals surface area contributed by atoms with E-state index in [-0.39, 0.29) is 12.1 Å². The highest BCUT2D eigenvalue weighted by molar-refractivity contribution is 9.10. The molecule has 0 amide bonds. The number of halogens is 1. The molecule has 0 fully saturated rings. The fourth-order valence-electron chi connectivity index (χ4n) is 1.80. The van der Waals surface area contributed by atoms with Crippen LogP contribution in [-0.2, 0) is 9.47 Å². The Hall–Kier alpha value is -0.460. The number of benzene rings is 1. The van der Waals surface area contributed by atoms with E-state index >= 15 is 0 Å². The number of ether oxygens (including phenoxy) is 2. The quantitative estimate of drug-likeness (QED) is 0.722. The van der Waals surface area contributed by atoms with Gasteiger partial charge in [-0.1, -0.05) is 28.1 Å². The normalized spacial score (nSPS) is 15.8. The molecule has 20 heavy (non-hydrogen) atoms. The molecule has 0 heterocycles. The maximum absolute atomic E-state index is 9.87. The lowest BCUT2D eigenvalue weighted by Gasteiger charge is -2.19. The zero-order chi connectivity index (χ0) is 15.0. The lowest BCUT2D eigenvalue weighted by Crippen LogP contribution is -2.33. The van der Waals surface area contributed by atoms with E-state index in [4.69, 9.17) is 9.47 Å². The summed E-state index contributed by atoms with van der Waals surface area (Å²) in [6.45, 7) is 5.34. The minimum absolute atomic E-state index is 0.00135. The van der Waals surface area contributed by atoms with E-state index in [1.807, 2.05) is 19.1 Å². The number of methoxy groups -OCH3 is 1. The van der Waals surface area contributed by atoms with Crippen LogP contribution in [0.25, 0.3) is 0 Å². The zero-order valence-electron chi connectivity index (χ0n) is 12.3. The summed E-state index contributed by atoms with van der Waals surface area (Å²) in [6, 6.07) is 8.34. The SMILES string of the molecule is COCC(C)OCC(O)CNC(C)c1ccc(Br)cc1. The standard InChI is InChI=1S/C15H24BrNO3/c1-11(9-19-3)20-10-15(18)8-17-12(2)13-4-6-14(16)7-5-13/h4-7,11-12,15,17-18H,8-10H2,1-3H3. The van der Waals surface area contributed by atoms with Crippen molar-refractivity contribution < 1.29 is 14.6 Å². The van der Waals surface area contributed by atoms with Crippen molar-refractivity contribution in [2.75, 3.05) is 26.9 Å². The summed E-state index contributed by atoms with van der Waals surface area (Å²) in [5, 5.41) is 13.2. The van der Waals surface area contributed by atoms with Crippen LogP contribution in [0, 0.1) is 0 Å². The lowest BCUT2D eigenvalue weighted by atomic mass is 10.1. The van der Waals surface area contributed by atoms with Crippen LogP contribution in [0.3, 0.4) is 0 Å². The second-order valence-corrected chi connectivity index (χ2v) is 5.85. The van der Waals surface area contributed by atoms with Crippen molar-refractivity contribution in [1.29, 1.82) is 0 Å². The van der Waals surface area contributed by atoms with Crippen LogP contribution in [-0.4, -0.2) is 44.2 Å². The van der Waals surface area contributed by atoms with Gasteiger partial charge >= 0.3 is 0 Å². The van der Waals surface area contributed by atoms with Gasteiger partial charge in [0.1, 0.15) is 0 Å². The molecule has 0 radical (unpaired) electrons. The first-order valence-electron chi connectivity index (χ1n) is 6.80. The molecule has 3 atom stereocenters. The van der Waals surface area contributed by atoms with Crippen LogP contribution in [0.15, 0.2) is 28.7 Å². The third-order valence-corrected chi connectivity index (χ3v) is 3.53. The molecule has 1 aromatic carbocycles. The molecule has 1 rings (SSSR count). The van der Waals surface area contributed by atoms with Crippen molar-refractivity contribution in [3.8, 4) is 0 Å². The van der Waals surface area contributed by atoms with Crippen molar-refractivity contribution in [3.63, 3.8) is 0 Å². The molecular weight excluding hydrogens is 322 g/mol. The lowest BCUT2D eigenvalue weighted by molar-refractivity contribution is -0.0315. The van der Waals surface area contributed by atoms with Crippen molar-refractivity contribution in [3.05, 3.63) is 34.3 Å². The molecule has 2 N–H and O–H groups in total. The average molecular weight is 346 g/mol. The Labute approximate surface area is 129 Å². The third-order valence-electron chi connectivity index (χ3n) is 3.00. The van der Waals surface area contributed by atoms with E-state index in [2.05, 4.69) is 40.3 Å². The fourth-order valence-corrected chi connectivity index (χ4v) is 2.06. The molecule has 114 valence electrons. The fraction of sp³-hybridized carbons (Fsp3) is 0.600. The highest BCUT2D eigenvalue weighted by Crippen LogP contribution is 2.16. The summed E-state index contributed by atoms with van der Waals surface area (Å²) < 4.78 is 11.5. The summed E-state index contributed by atoms with van der Waals surface area (Å²) in [6.07, 6.45) is -0.522. The van der Waals surface area contributed by atoms with Crippen molar-refractivity contribution in [1.82, 2.24) is 5.32 Å². The van der Waals surface area contributed by atoms with Crippen LogP contribution in [0.1, 0.15) is 25.5 Å². The van der Waals surface area contributed by atoms with Gasteiger partial charge in [-0.2, -0.15) is 0 Å². The number of nitrogens with one attached hydrogen (secondary N) is 1. The summed E-state index contributed by atoms with van der Waals surface area (Å²) in [5.41, 5.74) is 1.19. The van der Waals surface area contributed by atoms with E-state index in [1.54, 1.807) is 7.11 Å². The maximum atomic E-state index is 9.87. The Kier molecular flexibility index (Phi) is 8.33. The van der Waals surface area contributed by atoms with Crippen LogP contribution < -0.4 is 5.32 Å².